The average Bonchev–Trinajstić information content (AvgIpc) is 2.97. The van der Waals surface area contributed by atoms with Gasteiger partial charge in [-0.1, -0.05) is 19.3 Å². The van der Waals surface area contributed by atoms with E-state index in [2.05, 4.69) is 20.5 Å². The lowest BCUT2D eigenvalue weighted by molar-refractivity contribution is -0.121. The molecule has 0 aliphatic heterocycles. The number of nitrogens with zero attached hydrogens (tertiary/aromatic N) is 3. The molecule has 1 fully saturated rings. The van der Waals surface area contributed by atoms with Crippen LogP contribution < -0.4 is 5.32 Å². The van der Waals surface area contributed by atoms with E-state index in [1.807, 2.05) is 0 Å². The van der Waals surface area contributed by atoms with Gasteiger partial charge < -0.3 is 9.73 Å². The number of amides is 1. The maximum atomic E-state index is 12.0. The van der Waals surface area contributed by atoms with Crippen LogP contribution in [-0.4, -0.2) is 27.1 Å². The molecular formula is C15H18N4O2. The van der Waals surface area contributed by atoms with E-state index in [-0.39, 0.29) is 12.3 Å². The summed E-state index contributed by atoms with van der Waals surface area (Å²) in [6, 6.07) is 3.88. The number of hydrogen-bond acceptors (Lipinski definition) is 5. The molecule has 0 aromatic carbocycles. The fourth-order valence-electron chi connectivity index (χ4n) is 2.60. The molecule has 21 heavy (non-hydrogen) atoms. The quantitative estimate of drug-likeness (QED) is 0.931. The van der Waals surface area contributed by atoms with Crippen LogP contribution in [0.5, 0.6) is 0 Å². The highest BCUT2D eigenvalue weighted by atomic mass is 16.4. The maximum absolute atomic E-state index is 12.0. The predicted octanol–water partition coefficient (Wildman–Crippen LogP) is 2.12. The van der Waals surface area contributed by atoms with Crippen molar-refractivity contribution in [3.05, 3.63) is 30.4 Å². The van der Waals surface area contributed by atoms with Crippen molar-refractivity contribution in [1.82, 2.24) is 20.5 Å². The van der Waals surface area contributed by atoms with Crippen molar-refractivity contribution < 1.29 is 9.21 Å². The fraction of sp³-hybridized carbons (Fsp3) is 0.467. The van der Waals surface area contributed by atoms with E-state index in [9.17, 15) is 4.79 Å². The van der Waals surface area contributed by atoms with Crippen LogP contribution in [0.3, 0.4) is 0 Å². The molecule has 2 aromatic rings. The molecule has 1 N–H and O–H groups in total. The molecule has 2 aromatic heterocycles. The SMILES string of the molecule is O=C(Cc1nnc(-c2ccncc2)o1)NC1CCCCC1. The Bertz CT molecular complexity index is 591. The summed E-state index contributed by atoms with van der Waals surface area (Å²) < 4.78 is 5.52. The number of hydrogen-bond donors (Lipinski definition) is 1. The van der Waals surface area contributed by atoms with E-state index in [1.54, 1.807) is 24.5 Å². The molecule has 1 saturated carbocycles. The lowest BCUT2D eigenvalue weighted by Gasteiger charge is -2.22. The van der Waals surface area contributed by atoms with Crippen LogP contribution in [0.25, 0.3) is 11.5 Å². The predicted molar refractivity (Wildman–Crippen MR) is 76.2 cm³/mol. The van der Waals surface area contributed by atoms with Crippen molar-refractivity contribution in [2.24, 2.45) is 0 Å². The minimum absolute atomic E-state index is 0.0492. The first-order valence-electron chi connectivity index (χ1n) is 7.33. The molecule has 6 nitrogen and oxygen atoms in total. The molecule has 1 aliphatic carbocycles. The number of nitrogens with one attached hydrogen (secondary N) is 1. The van der Waals surface area contributed by atoms with Crippen molar-refractivity contribution >= 4 is 5.91 Å². The molecule has 6 heteroatoms. The van der Waals surface area contributed by atoms with E-state index >= 15 is 0 Å². The standard InChI is InChI=1S/C15H18N4O2/c20-13(17-12-4-2-1-3-5-12)10-14-18-19-15(21-14)11-6-8-16-9-7-11/h6-9,12H,1-5,10H2,(H,17,20). The van der Waals surface area contributed by atoms with Gasteiger partial charge in [0.1, 0.15) is 6.42 Å². The molecule has 0 unspecified atom stereocenters. The first kappa shape index (κ1) is 13.7. The summed E-state index contributed by atoms with van der Waals surface area (Å²) in [6.45, 7) is 0. The molecule has 0 spiro atoms. The molecule has 0 radical (unpaired) electrons. The number of carbonyl (C=O) groups excluding carboxylic acids is 1. The van der Waals surface area contributed by atoms with E-state index in [1.165, 1.54) is 19.3 Å². The summed E-state index contributed by atoms with van der Waals surface area (Å²) in [7, 11) is 0. The van der Waals surface area contributed by atoms with Gasteiger partial charge in [-0.05, 0) is 25.0 Å². The summed E-state index contributed by atoms with van der Waals surface area (Å²) in [5.41, 5.74) is 0.802. The van der Waals surface area contributed by atoms with Gasteiger partial charge in [0.2, 0.25) is 17.7 Å². The van der Waals surface area contributed by atoms with E-state index < -0.39 is 0 Å². The minimum atomic E-state index is -0.0492. The van der Waals surface area contributed by atoms with Gasteiger partial charge in [0.15, 0.2) is 0 Å². The highest BCUT2D eigenvalue weighted by Gasteiger charge is 2.18. The second-order valence-electron chi connectivity index (χ2n) is 5.32. The van der Waals surface area contributed by atoms with E-state index in [4.69, 9.17) is 4.42 Å². The topological polar surface area (TPSA) is 80.9 Å². The molecule has 3 rings (SSSR count). The Kier molecular flexibility index (Phi) is 4.23. The van der Waals surface area contributed by atoms with Gasteiger partial charge in [-0.2, -0.15) is 0 Å². The molecular weight excluding hydrogens is 268 g/mol. The third-order valence-electron chi connectivity index (χ3n) is 3.68. The molecule has 0 saturated heterocycles. The highest BCUT2D eigenvalue weighted by molar-refractivity contribution is 5.77. The summed E-state index contributed by atoms with van der Waals surface area (Å²) in [5, 5.41) is 10.9. The summed E-state index contributed by atoms with van der Waals surface area (Å²) >= 11 is 0. The van der Waals surface area contributed by atoms with Crippen LogP contribution in [0.15, 0.2) is 28.9 Å². The first-order valence-corrected chi connectivity index (χ1v) is 7.33. The molecule has 1 amide bonds. The lowest BCUT2D eigenvalue weighted by atomic mass is 9.95. The van der Waals surface area contributed by atoms with Crippen LogP contribution in [0, 0.1) is 0 Å². The number of rotatable bonds is 4. The Morgan fingerprint density at radius 3 is 2.71 bits per heavy atom. The Labute approximate surface area is 123 Å². The summed E-state index contributed by atoms with van der Waals surface area (Å²) in [4.78, 5) is 15.9. The van der Waals surface area contributed by atoms with Crippen molar-refractivity contribution in [2.45, 2.75) is 44.6 Å². The van der Waals surface area contributed by atoms with Crippen molar-refractivity contribution in [3.63, 3.8) is 0 Å². The van der Waals surface area contributed by atoms with E-state index in [0.29, 0.717) is 17.8 Å². The Morgan fingerprint density at radius 1 is 1.19 bits per heavy atom. The molecule has 110 valence electrons. The molecule has 0 bridgehead atoms. The number of aromatic nitrogens is 3. The fourth-order valence-corrected chi connectivity index (χ4v) is 2.60. The lowest BCUT2D eigenvalue weighted by Crippen LogP contribution is -2.37. The Hall–Kier alpha value is -2.24. The first-order chi connectivity index (χ1) is 10.3. The van der Waals surface area contributed by atoms with Gasteiger partial charge in [-0.25, -0.2) is 0 Å². The zero-order valence-corrected chi connectivity index (χ0v) is 11.8. The van der Waals surface area contributed by atoms with Crippen LogP contribution in [0.1, 0.15) is 38.0 Å². The van der Waals surface area contributed by atoms with Gasteiger partial charge in [0.25, 0.3) is 0 Å². The Morgan fingerprint density at radius 2 is 1.95 bits per heavy atom. The maximum Gasteiger partial charge on any atom is 0.247 e. The second kappa shape index (κ2) is 6.47. The van der Waals surface area contributed by atoms with Crippen LogP contribution in [0.4, 0.5) is 0 Å². The molecule has 1 aliphatic rings. The van der Waals surface area contributed by atoms with Gasteiger partial charge in [-0.3, -0.25) is 9.78 Å². The summed E-state index contributed by atoms with van der Waals surface area (Å²) in [6.07, 6.45) is 9.24. The van der Waals surface area contributed by atoms with Gasteiger partial charge in [-0.15, -0.1) is 10.2 Å². The van der Waals surface area contributed by atoms with Crippen LogP contribution >= 0.6 is 0 Å². The minimum Gasteiger partial charge on any atom is -0.420 e. The largest absolute Gasteiger partial charge is 0.420 e. The van der Waals surface area contributed by atoms with Crippen LogP contribution in [-0.2, 0) is 11.2 Å². The van der Waals surface area contributed by atoms with Crippen molar-refractivity contribution in [1.29, 1.82) is 0 Å². The second-order valence-corrected chi connectivity index (χ2v) is 5.32. The van der Waals surface area contributed by atoms with Gasteiger partial charge >= 0.3 is 0 Å². The third kappa shape index (κ3) is 3.65. The number of pyridine rings is 1. The zero-order valence-electron chi connectivity index (χ0n) is 11.8. The zero-order chi connectivity index (χ0) is 14.5. The normalized spacial score (nSPS) is 15.8. The van der Waals surface area contributed by atoms with Crippen molar-refractivity contribution in [2.75, 3.05) is 0 Å². The summed E-state index contributed by atoms with van der Waals surface area (Å²) in [5.74, 6) is 0.708. The van der Waals surface area contributed by atoms with Gasteiger partial charge in [0.05, 0.1) is 0 Å². The highest BCUT2D eigenvalue weighted by Crippen LogP contribution is 2.18. The number of carbonyl (C=O) groups is 1. The van der Waals surface area contributed by atoms with Crippen molar-refractivity contribution in [3.8, 4) is 11.5 Å². The van der Waals surface area contributed by atoms with Gasteiger partial charge in [0, 0.05) is 24.0 Å². The molecule has 2 heterocycles. The smallest absolute Gasteiger partial charge is 0.247 e. The average molecular weight is 286 g/mol. The van der Waals surface area contributed by atoms with Crippen LogP contribution in [0.2, 0.25) is 0 Å². The monoisotopic (exact) mass is 286 g/mol. The van der Waals surface area contributed by atoms with E-state index in [0.717, 1.165) is 18.4 Å². The Balaban J connectivity index is 1.58. The molecule has 0 atom stereocenters. The third-order valence-corrected chi connectivity index (χ3v) is 3.68.